The van der Waals surface area contributed by atoms with E-state index in [1.54, 1.807) is 11.3 Å². The number of methoxy groups -OCH3 is 1. The Labute approximate surface area is 126 Å². The highest BCUT2D eigenvalue weighted by Crippen LogP contribution is 2.45. The molecule has 2 rings (SSSR count). The number of hydrogen-bond donors (Lipinski definition) is 1. The standard InChI is InChI=1S/C16H28N2OS/c1-11-6-8-16(19-5,9-7-11)14-18-13(15(2,3)4)12(10-17)20-14/h11H,6-10,17H2,1-5H3. The third kappa shape index (κ3) is 2.92. The lowest BCUT2D eigenvalue weighted by atomic mass is 9.79. The van der Waals surface area contributed by atoms with E-state index in [-0.39, 0.29) is 11.0 Å². The predicted octanol–water partition coefficient (Wildman–Crippen LogP) is 3.95. The molecular formula is C16H28N2OS. The molecule has 1 aliphatic carbocycles. The van der Waals surface area contributed by atoms with Crippen LogP contribution in [0.1, 0.15) is 69.0 Å². The molecule has 1 aliphatic rings. The lowest BCUT2D eigenvalue weighted by Gasteiger charge is -2.36. The lowest BCUT2D eigenvalue weighted by molar-refractivity contribution is -0.0532. The van der Waals surface area contributed by atoms with E-state index in [0.717, 1.165) is 29.5 Å². The van der Waals surface area contributed by atoms with Crippen molar-refractivity contribution < 1.29 is 4.74 Å². The van der Waals surface area contributed by atoms with E-state index >= 15 is 0 Å². The second-order valence-electron chi connectivity index (χ2n) is 7.13. The summed E-state index contributed by atoms with van der Waals surface area (Å²) in [4.78, 5) is 6.17. The van der Waals surface area contributed by atoms with E-state index in [1.165, 1.54) is 17.7 Å². The number of thiazole rings is 1. The number of nitrogens with zero attached hydrogens (tertiary/aromatic N) is 1. The van der Waals surface area contributed by atoms with Crippen molar-refractivity contribution in [3.63, 3.8) is 0 Å². The van der Waals surface area contributed by atoms with Crippen molar-refractivity contribution in [2.24, 2.45) is 11.7 Å². The Kier molecular flexibility index (Phi) is 4.57. The molecule has 0 bridgehead atoms. The molecule has 1 saturated carbocycles. The highest BCUT2D eigenvalue weighted by atomic mass is 32.1. The molecule has 1 heterocycles. The van der Waals surface area contributed by atoms with Crippen LogP contribution in [0.5, 0.6) is 0 Å². The maximum absolute atomic E-state index is 5.95. The minimum absolute atomic E-state index is 0.0420. The first-order valence-electron chi connectivity index (χ1n) is 7.58. The Balaban J connectivity index is 2.38. The van der Waals surface area contributed by atoms with E-state index in [0.29, 0.717) is 6.54 Å². The van der Waals surface area contributed by atoms with Gasteiger partial charge in [0.15, 0.2) is 0 Å². The van der Waals surface area contributed by atoms with Crippen LogP contribution in [-0.4, -0.2) is 12.1 Å². The molecular weight excluding hydrogens is 268 g/mol. The number of aromatic nitrogens is 1. The van der Waals surface area contributed by atoms with Gasteiger partial charge in [-0.25, -0.2) is 4.98 Å². The highest BCUT2D eigenvalue weighted by Gasteiger charge is 2.40. The second kappa shape index (κ2) is 5.74. The predicted molar refractivity (Wildman–Crippen MR) is 85.0 cm³/mol. The molecule has 114 valence electrons. The van der Waals surface area contributed by atoms with Gasteiger partial charge in [0.1, 0.15) is 10.6 Å². The number of ether oxygens (including phenoxy) is 1. The summed E-state index contributed by atoms with van der Waals surface area (Å²) in [5.41, 5.74) is 6.94. The van der Waals surface area contributed by atoms with E-state index in [4.69, 9.17) is 15.5 Å². The van der Waals surface area contributed by atoms with Gasteiger partial charge in [-0.05, 0) is 31.6 Å². The summed E-state index contributed by atoms with van der Waals surface area (Å²) in [6.07, 6.45) is 4.59. The molecule has 0 radical (unpaired) electrons. The first-order chi connectivity index (χ1) is 9.32. The zero-order chi connectivity index (χ0) is 15.0. The summed E-state index contributed by atoms with van der Waals surface area (Å²) in [6.45, 7) is 9.50. The third-order valence-electron chi connectivity index (χ3n) is 4.46. The van der Waals surface area contributed by atoms with Crippen LogP contribution in [-0.2, 0) is 22.3 Å². The molecule has 4 heteroatoms. The third-order valence-corrected chi connectivity index (χ3v) is 5.72. The Morgan fingerprint density at radius 1 is 1.35 bits per heavy atom. The molecule has 0 saturated heterocycles. The zero-order valence-electron chi connectivity index (χ0n) is 13.5. The molecule has 1 aromatic rings. The number of nitrogens with two attached hydrogens (primary N) is 1. The number of rotatable bonds is 3. The van der Waals surface area contributed by atoms with Gasteiger partial charge in [-0.2, -0.15) is 0 Å². The van der Waals surface area contributed by atoms with Crippen LogP contribution in [0.3, 0.4) is 0 Å². The minimum atomic E-state index is -0.176. The average molecular weight is 296 g/mol. The molecule has 1 fully saturated rings. The molecule has 0 unspecified atom stereocenters. The van der Waals surface area contributed by atoms with Crippen molar-refractivity contribution in [3.8, 4) is 0 Å². The molecule has 3 nitrogen and oxygen atoms in total. The number of hydrogen-bond acceptors (Lipinski definition) is 4. The van der Waals surface area contributed by atoms with Crippen molar-refractivity contribution in [2.75, 3.05) is 7.11 Å². The van der Waals surface area contributed by atoms with Gasteiger partial charge in [0.2, 0.25) is 0 Å². The SMILES string of the molecule is COC1(c2nc(C(C)(C)C)c(CN)s2)CCC(C)CC1. The molecule has 0 amide bonds. The smallest absolute Gasteiger partial charge is 0.125 e. The molecule has 20 heavy (non-hydrogen) atoms. The summed E-state index contributed by atoms with van der Waals surface area (Å²) < 4.78 is 5.95. The molecule has 0 atom stereocenters. The summed E-state index contributed by atoms with van der Waals surface area (Å²) >= 11 is 1.76. The van der Waals surface area contributed by atoms with Gasteiger partial charge >= 0.3 is 0 Å². The van der Waals surface area contributed by atoms with Gasteiger partial charge in [0, 0.05) is 23.9 Å². The quantitative estimate of drug-likeness (QED) is 0.918. The fourth-order valence-corrected chi connectivity index (χ4v) is 4.38. The van der Waals surface area contributed by atoms with Crippen LogP contribution in [0, 0.1) is 5.92 Å². The highest BCUT2D eigenvalue weighted by molar-refractivity contribution is 7.11. The van der Waals surface area contributed by atoms with Gasteiger partial charge in [-0.15, -0.1) is 11.3 Å². The van der Waals surface area contributed by atoms with Crippen LogP contribution in [0.15, 0.2) is 0 Å². The zero-order valence-corrected chi connectivity index (χ0v) is 14.3. The van der Waals surface area contributed by atoms with Gasteiger partial charge in [0.25, 0.3) is 0 Å². The van der Waals surface area contributed by atoms with Gasteiger partial charge in [-0.3, -0.25) is 0 Å². The van der Waals surface area contributed by atoms with Gasteiger partial charge < -0.3 is 10.5 Å². The second-order valence-corrected chi connectivity index (χ2v) is 8.21. The van der Waals surface area contributed by atoms with Gasteiger partial charge in [-0.1, -0.05) is 27.7 Å². The van der Waals surface area contributed by atoms with Crippen molar-refractivity contribution >= 4 is 11.3 Å². The first kappa shape index (κ1) is 15.9. The monoisotopic (exact) mass is 296 g/mol. The first-order valence-corrected chi connectivity index (χ1v) is 8.40. The van der Waals surface area contributed by atoms with Crippen molar-refractivity contribution in [3.05, 3.63) is 15.6 Å². The van der Waals surface area contributed by atoms with Crippen LogP contribution in [0.4, 0.5) is 0 Å². The topological polar surface area (TPSA) is 48.1 Å². The van der Waals surface area contributed by atoms with Crippen molar-refractivity contribution in [1.29, 1.82) is 0 Å². The lowest BCUT2D eigenvalue weighted by Crippen LogP contribution is -2.33. The molecule has 0 aromatic carbocycles. The van der Waals surface area contributed by atoms with Crippen LogP contribution in [0.25, 0.3) is 0 Å². The van der Waals surface area contributed by atoms with Crippen LogP contribution in [0.2, 0.25) is 0 Å². The van der Waals surface area contributed by atoms with Gasteiger partial charge in [0.05, 0.1) is 5.69 Å². The maximum atomic E-state index is 5.95. The van der Waals surface area contributed by atoms with Crippen LogP contribution >= 0.6 is 11.3 Å². The summed E-state index contributed by atoms with van der Waals surface area (Å²) in [6, 6.07) is 0. The van der Waals surface area contributed by atoms with Crippen LogP contribution < -0.4 is 5.73 Å². The van der Waals surface area contributed by atoms with Crippen molar-refractivity contribution in [1.82, 2.24) is 4.98 Å². The summed E-state index contributed by atoms with van der Waals surface area (Å²) in [7, 11) is 1.83. The van der Waals surface area contributed by atoms with E-state index in [1.807, 2.05) is 7.11 Å². The Morgan fingerprint density at radius 2 is 1.95 bits per heavy atom. The minimum Gasteiger partial charge on any atom is -0.371 e. The Bertz CT molecular complexity index is 454. The maximum Gasteiger partial charge on any atom is 0.125 e. The van der Waals surface area contributed by atoms with E-state index in [2.05, 4.69) is 27.7 Å². The fourth-order valence-electron chi connectivity index (χ4n) is 3.00. The Morgan fingerprint density at radius 3 is 2.35 bits per heavy atom. The average Bonchev–Trinajstić information content (AvgIpc) is 2.85. The molecule has 0 spiro atoms. The molecule has 0 aliphatic heterocycles. The van der Waals surface area contributed by atoms with E-state index < -0.39 is 0 Å². The molecule has 2 N–H and O–H groups in total. The fraction of sp³-hybridized carbons (Fsp3) is 0.812. The normalized spacial score (nSPS) is 27.8. The van der Waals surface area contributed by atoms with E-state index in [9.17, 15) is 0 Å². The largest absolute Gasteiger partial charge is 0.371 e. The summed E-state index contributed by atoms with van der Waals surface area (Å²) in [5, 5.41) is 1.14. The summed E-state index contributed by atoms with van der Waals surface area (Å²) in [5.74, 6) is 0.800. The van der Waals surface area contributed by atoms with Crippen molar-refractivity contribution in [2.45, 2.75) is 70.9 Å². The molecule has 1 aromatic heterocycles. The Hall–Kier alpha value is -0.450.